The molecule has 0 aromatic carbocycles. The van der Waals surface area contributed by atoms with Gasteiger partial charge in [0.1, 0.15) is 0 Å². The number of hydrogen-bond donors (Lipinski definition) is 2. The molecule has 0 aliphatic heterocycles. The topological polar surface area (TPSA) is 73.1 Å². The summed E-state index contributed by atoms with van der Waals surface area (Å²) in [6, 6.07) is 0. The third-order valence-corrected chi connectivity index (χ3v) is 1.66. The molecule has 5 heteroatoms. The fourth-order valence-corrected chi connectivity index (χ4v) is 1.04. The Hall–Kier alpha value is -1.36. The zero-order chi connectivity index (χ0) is 11.1. The molecule has 0 saturated heterocycles. The molecule has 0 amide bonds. The molecule has 15 heavy (non-hydrogen) atoms. The van der Waals surface area contributed by atoms with E-state index in [4.69, 9.17) is 10.5 Å². The molecule has 1 rings (SSSR count). The van der Waals surface area contributed by atoms with Crippen molar-refractivity contribution in [2.24, 2.45) is 5.73 Å². The number of rotatable bonds is 6. The van der Waals surface area contributed by atoms with Gasteiger partial charge in [0, 0.05) is 6.54 Å². The highest BCUT2D eigenvalue weighted by Gasteiger charge is 1.99. The molecule has 0 radical (unpaired) electrons. The van der Waals surface area contributed by atoms with Crippen LogP contribution >= 0.6 is 0 Å². The fraction of sp³-hybridized carbons (Fsp3) is 0.600. The van der Waals surface area contributed by atoms with Crippen molar-refractivity contribution < 1.29 is 4.74 Å². The van der Waals surface area contributed by atoms with Crippen molar-refractivity contribution >= 4 is 5.95 Å². The molecule has 3 N–H and O–H groups in total. The van der Waals surface area contributed by atoms with Gasteiger partial charge in [0.05, 0.1) is 18.5 Å². The lowest BCUT2D eigenvalue weighted by atomic mass is 10.4. The lowest BCUT2D eigenvalue weighted by Gasteiger charge is -2.09. The van der Waals surface area contributed by atoms with E-state index in [-0.39, 0.29) is 6.10 Å². The molecule has 0 atom stereocenters. The molecular formula is C10H18N4O. The Morgan fingerprint density at radius 1 is 1.40 bits per heavy atom. The van der Waals surface area contributed by atoms with Gasteiger partial charge in [-0.1, -0.05) is 0 Å². The van der Waals surface area contributed by atoms with Crippen LogP contribution in [-0.2, 0) is 0 Å². The van der Waals surface area contributed by atoms with Gasteiger partial charge in [0.25, 0.3) is 0 Å². The zero-order valence-corrected chi connectivity index (χ0v) is 9.23. The highest BCUT2D eigenvalue weighted by Crippen LogP contribution is 2.10. The number of nitrogens with one attached hydrogen (secondary N) is 1. The number of nitrogens with zero attached hydrogens (tertiary/aromatic N) is 2. The van der Waals surface area contributed by atoms with Crippen LogP contribution in [0.5, 0.6) is 5.75 Å². The van der Waals surface area contributed by atoms with E-state index in [0.717, 1.165) is 13.0 Å². The highest BCUT2D eigenvalue weighted by molar-refractivity contribution is 5.26. The summed E-state index contributed by atoms with van der Waals surface area (Å²) in [5.41, 5.74) is 5.37. The monoisotopic (exact) mass is 210 g/mol. The highest BCUT2D eigenvalue weighted by atomic mass is 16.5. The van der Waals surface area contributed by atoms with Crippen LogP contribution in [0, 0.1) is 0 Å². The number of anilines is 1. The fourth-order valence-electron chi connectivity index (χ4n) is 1.04. The maximum atomic E-state index is 5.42. The van der Waals surface area contributed by atoms with Crippen LogP contribution < -0.4 is 15.8 Å². The van der Waals surface area contributed by atoms with Crippen molar-refractivity contribution in [3.8, 4) is 5.75 Å². The normalized spacial score (nSPS) is 10.4. The maximum Gasteiger partial charge on any atom is 0.222 e. The van der Waals surface area contributed by atoms with E-state index in [0.29, 0.717) is 18.2 Å². The van der Waals surface area contributed by atoms with Crippen molar-refractivity contribution in [1.82, 2.24) is 9.97 Å². The van der Waals surface area contributed by atoms with Crippen LogP contribution in [0.15, 0.2) is 12.4 Å². The first kappa shape index (κ1) is 11.7. The van der Waals surface area contributed by atoms with E-state index in [2.05, 4.69) is 15.3 Å². The van der Waals surface area contributed by atoms with Gasteiger partial charge in [-0.2, -0.15) is 0 Å². The van der Waals surface area contributed by atoms with Crippen LogP contribution in [0.3, 0.4) is 0 Å². The summed E-state index contributed by atoms with van der Waals surface area (Å²) < 4.78 is 5.42. The van der Waals surface area contributed by atoms with E-state index in [1.165, 1.54) is 0 Å². The summed E-state index contributed by atoms with van der Waals surface area (Å²) in [5, 5.41) is 3.07. The summed E-state index contributed by atoms with van der Waals surface area (Å²) in [4.78, 5) is 8.23. The first-order valence-electron chi connectivity index (χ1n) is 5.15. The molecule has 5 nitrogen and oxygen atoms in total. The first-order valence-corrected chi connectivity index (χ1v) is 5.15. The van der Waals surface area contributed by atoms with E-state index in [1.54, 1.807) is 12.4 Å². The average molecular weight is 210 g/mol. The van der Waals surface area contributed by atoms with Crippen LogP contribution in [-0.4, -0.2) is 29.2 Å². The standard InChI is InChI=1S/C10H18N4O/c1-8(2)15-9-6-13-10(14-7-9)12-5-3-4-11/h6-8H,3-5,11H2,1-2H3,(H,12,13,14). The molecule has 0 spiro atoms. The molecule has 0 unspecified atom stereocenters. The van der Waals surface area contributed by atoms with Gasteiger partial charge in [-0.25, -0.2) is 9.97 Å². The van der Waals surface area contributed by atoms with Gasteiger partial charge in [0.15, 0.2) is 5.75 Å². The predicted molar refractivity (Wildman–Crippen MR) is 60.0 cm³/mol. The smallest absolute Gasteiger partial charge is 0.222 e. The summed E-state index contributed by atoms with van der Waals surface area (Å²) in [7, 11) is 0. The third-order valence-electron chi connectivity index (χ3n) is 1.66. The maximum absolute atomic E-state index is 5.42. The molecule has 0 aliphatic carbocycles. The second-order valence-electron chi connectivity index (χ2n) is 3.48. The Bertz CT molecular complexity index is 273. The molecule has 0 bridgehead atoms. The largest absolute Gasteiger partial charge is 0.488 e. The van der Waals surface area contributed by atoms with Gasteiger partial charge in [-0.05, 0) is 26.8 Å². The summed E-state index contributed by atoms with van der Waals surface area (Å²) in [6.07, 6.45) is 4.38. The van der Waals surface area contributed by atoms with E-state index >= 15 is 0 Å². The molecule has 0 aliphatic rings. The first-order chi connectivity index (χ1) is 7.22. The van der Waals surface area contributed by atoms with E-state index < -0.39 is 0 Å². The van der Waals surface area contributed by atoms with Gasteiger partial charge in [0.2, 0.25) is 5.95 Å². The third kappa shape index (κ3) is 4.60. The minimum Gasteiger partial charge on any atom is -0.488 e. The van der Waals surface area contributed by atoms with E-state index in [1.807, 2.05) is 13.8 Å². The predicted octanol–water partition coefficient (Wildman–Crippen LogP) is 1.02. The van der Waals surface area contributed by atoms with Gasteiger partial charge < -0.3 is 15.8 Å². The van der Waals surface area contributed by atoms with Gasteiger partial charge in [-0.3, -0.25) is 0 Å². The molecule has 84 valence electrons. The molecule has 0 fully saturated rings. The number of aromatic nitrogens is 2. The number of hydrogen-bond acceptors (Lipinski definition) is 5. The Balaban J connectivity index is 2.42. The van der Waals surface area contributed by atoms with Crippen LogP contribution in [0.2, 0.25) is 0 Å². The Kier molecular flexibility index (Phi) is 4.83. The van der Waals surface area contributed by atoms with Crippen molar-refractivity contribution in [1.29, 1.82) is 0 Å². The van der Waals surface area contributed by atoms with Crippen LogP contribution in [0.4, 0.5) is 5.95 Å². The SMILES string of the molecule is CC(C)Oc1cnc(NCCCN)nc1. The van der Waals surface area contributed by atoms with E-state index in [9.17, 15) is 0 Å². The second kappa shape index (κ2) is 6.19. The Morgan fingerprint density at radius 3 is 2.60 bits per heavy atom. The average Bonchev–Trinajstić information content (AvgIpc) is 2.20. The Morgan fingerprint density at radius 2 is 2.07 bits per heavy atom. The van der Waals surface area contributed by atoms with Crippen molar-refractivity contribution in [2.45, 2.75) is 26.4 Å². The summed E-state index contributed by atoms with van der Waals surface area (Å²) in [6.45, 7) is 5.39. The molecular weight excluding hydrogens is 192 g/mol. The quantitative estimate of drug-likeness (QED) is 0.686. The lowest BCUT2D eigenvalue weighted by molar-refractivity contribution is 0.240. The van der Waals surface area contributed by atoms with Crippen LogP contribution in [0.1, 0.15) is 20.3 Å². The van der Waals surface area contributed by atoms with Crippen molar-refractivity contribution in [2.75, 3.05) is 18.4 Å². The zero-order valence-electron chi connectivity index (χ0n) is 9.23. The van der Waals surface area contributed by atoms with Crippen LogP contribution in [0.25, 0.3) is 0 Å². The molecule has 1 aromatic heterocycles. The molecule has 1 heterocycles. The van der Waals surface area contributed by atoms with Gasteiger partial charge >= 0.3 is 0 Å². The molecule has 1 aromatic rings. The van der Waals surface area contributed by atoms with Crippen molar-refractivity contribution in [3.05, 3.63) is 12.4 Å². The summed E-state index contributed by atoms with van der Waals surface area (Å²) in [5.74, 6) is 1.30. The number of nitrogens with two attached hydrogens (primary N) is 1. The van der Waals surface area contributed by atoms with Gasteiger partial charge in [-0.15, -0.1) is 0 Å². The summed E-state index contributed by atoms with van der Waals surface area (Å²) >= 11 is 0. The second-order valence-corrected chi connectivity index (χ2v) is 3.48. The lowest BCUT2D eigenvalue weighted by Crippen LogP contribution is -2.11. The van der Waals surface area contributed by atoms with Crippen molar-refractivity contribution in [3.63, 3.8) is 0 Å². The molecule has 0 saturated carbocycles. The Labute approximate surface area is 90.1 Å². The number of ether oxygens (including phenoxy) is 1. The minimum absolute atomic E-state index is 0.143. The minimum atomic E-state index is 0.143.